The van der Waals surface area contributed by atoms with Crippen LogP contribution in [0, 0.1) is 5.92 Å². The molecule has 0 aliphatic rings. The SMILES string of the molecule is CC(C)CN(c1cc(Cl)ccc1C=O)C(C)C. The summed E-state index contributed by atoms with van der Waals surface area (Å²) in [5.41, 5.74) is 1.62. The number of hydrogen-bond donors (Lipinski definition) is 0. The molecule has 0 unspecified atom stereocenters. The minimum absolute atomic E-state index is 0.342. The molecule has 0 fully saturated rings. The van der Waals surface area contributed by atoms with Crippen LogP contribution in [0.15, 0.2) is 18.2 Å². The average Bonchev–Trinajstić information content (AvgIpc) is 2.25. The van der Waals surface area contributed by atoms with E-state index in [2.05, 4.69) is 32.6 Å². The third-order valence-corrected chi connectivity index (χ3v) is 2.85. The maximum absolute atomic E-state index is 11.1. The van der Waals surface area contributed by atoms with Crippen molar-refractivity contribution in [3.05, 3.63) is 28.8 Å². The Morgan fingerprint density at radius 1 is 1.29 bits per heavy atom. The Labute approximate surface area is 109 Å². The summed E-state index contributed by atoms with van der Waals surface area (Å²) in [5.74, 6) is 0.538. The van der Waals surface area contributed by atoms with Gasteiger partial charge in [0.1, 0.15) is 0 Å². The fourth-order valence-electron chi connectivity index (χ4n) is 1.85. The van der Waals surface area contributed by atoms with E-state index in [1.165, 1.54) is 0 Å². The Balaban J connectivity index is 3.16. The molecule has 0 aliphatic carbocycles. The normalized spacial score (nSPS) is 11.0. The molecule has 1 rings (SSSR count). The molecule has 94 valence electrons. The van der Waals surface area contributed by atoms with Gasteiger partial charge in [-0.25, -0.2) is 0 Å². The first-order valence-electron chi connectivity index (χ1n) is 5.97. The largest absolute Gasteiger partial charge is 0.368 e. The lowest BCUT2D eigenvalue weighted by molar-refractivity contribution is 0.112. The van der Waals surface area contributed by atoms with Gasteiger partial charge in [0.2, 0.25) is 0 Å². The number of nitrogens with zero attached hydrogens (tertiary/aromatic N) is 1. The van der Waals surface area contributed by atoms with Crippen molar-refractivity contribution in [2.24, 2.45) is 5.92 Å². The van der Waals surface area contributed by atoms with Crippen molar-refractivity contribution in [1.82, 2.24) is 0 Å². The summed E-state index contributed by atoms with van der Waals surface area (Å²) < 4.78 is 0. The van der Waals surface area contributed by atoms with E-state index in [4.69, 9.17) is 11.6 Å². The number of carbonyl (C=O) groups excluding carboxylic acids is 1. The van der Waals surface area contributed by atoms with Crippen molar-refractivity contribution in [2.75, 3.05) is 11.4 Å². The van der Waals surface area contributed by atoms with Gasteiger partial charge in [-0.3, -0.25) is 4.79 Å². The standard InChI is InChI=1S/C14H20ClNO/c1-10(2)8-16(11(3)4)14-7-13(15)6-5-12(14)9-17/h5-7,9-11H,8H2,1-4H3. The van der Waals surface area contributed by atoms with Gasteiger partial charge in [0.15, 0.2) is 6.29 Å². The van der Waals surface area contributed by atoms with Gasteiger partial charge in [-0.1, -0.05) is 25.4 Å². The van der Waals surface area contributed by atoms with Crippen molar-refractivity contribution < 1.29 is 4.79 Å². The zero-order valence-corrected chi connectivity index (χ0v) is 11.7. The van der Waals surface area contributed by atoms with E-state index >= 15 is 0 Å². The summed E-state index contributed by atoms with van der Waals surface area (Å²) in [5, 5.41) is 0.667. The molecule has 0 spiro atoms. The van der Waals surface area contributed by atoms with Crippen LogP contribution in [0.4, 0.5) is 5.69 Å². The molecular formula is C14H20ClNO. The zero-order valence-electron chi connectivity index (χ0n) is 10.9. The maximum atomic E-state index is 11.1. The van der Waals surface area contributed by atoms with E-state index in [9.17, 15) is 4.79 Å². The van der Waals surface area contributed by atoms with Crippen molar-refractivity contribution in [3.63, 3.8) is 0 Å². The summed E-state index contributed by atoms with van der Waals surface area (Å²) in [6.45, 7) is 9.50. The summed E-state index contributed by atoms with van der Waals surface area (Å²) >= 11 is 6.02. The Hall–Kier alpha value is -1.02. The number of anilines is 1. The highest BCUT2D eigenvalue weighted by Gasteiger charge is 2.15. The van der Waals surface area contributed by atoms with Gasteiger partial charge in [0, 0.05) is 28.9 Å². The highest BCUT2D eigenvalue weighted by Crippen LogP contribution is 2.26. The molecule has 1 aromatic carbocycles. The Kier molecular flexibility index (Phi) is 5.01. The molecule has 0 atom stereocenters. The summed E-state index contributed by atoms with van der Waals surface area (Å²) in [7, 11) is 0. The lowest BCUT2D eigenvalue weighted by Gasteiger charge is -2.31. The Morgan fingerprint density at radius 2 is 1.94 bits per heavy atom. The predicted octanol–water partition coefficient (Wildman–Crippen LogP) is 4.02. The second-order valence-electron chi connectivity index (χ2n) is 4.96. The molecule has 3 heteroatoms. The fraction of sp³-hybridized carbons (Fsp3) is 0.500. The van der Waals surface area contributed by atoms with Gasteiger partial charge in [0.05, 0.1) is 0 Å². The van der Waals surface area contributed by atoms with Crippen LogP contribution in [-0.2, 0) is 0 Å². The second-order valence-corrected chi connectivity index (χ2v) is 5.40. The molecule has 0 aromatic heterocycles. The van der Waals surface area contributed by atoms with Gasteiger partial charge in [-0.15, -0.1) is 0 Å². The third kappa shape index (κ3) is 3.74. The molecule has 0 aliphatic heterocycles. The summed E-state index contributed by atoms with van der Waals surface area (Å²) in [4.78, 5) is 13.3. The lowest BCUT2D eigenvalue weighted by Crippen LogP contribution is -2.34. The smallest absolute Gasteiger partial charge is 0.152 e. The van der Waals surface area contributed by atoms with E-state index < -0.39 is 0 Å². The topological polar surface area (TPSA) is 20.3 Å². The van der Waals surface area contributed by atoms with E-state index in [1.54, 1.807) is 12.1 Å². The molecule has 17 heavy (non-hydrogen) atoms. The number of hydrogen-bond acceptors (Lipinski definition) is 2. The molecule has 2 nitrogen and oxygen atoms in total. The molecule has 0 saturated carbocycles. The first-order chi connectivity index (χ1) is 7.95. The van der Waals surface area contributed by atoms with Crippen molar-refractivity contribution >= 4 is 23.6 Å². The molecular weight excluding hydrogens is 234 g/mol. The lowest BCUT2D eigenvalue weighted by atomic mass is 10.1. The van der Waals surface area contributed by atoms with E-state index in [1.807, 2.05) is 6.07 Å². The van der Waals surface area contributed by atoms with Crippen LogP contribution in [0.3, 0.4) is 0 Å². The first kappa shape index (κ1) is 14.0. The number of halogens is 1. The second kappa shape index (κ2) is 6.06. The number of benzene rings is 1. The average molecular weight is 254 g/mol. The molecule has 1 aromatic rings. The number of aldehydes is 1. The van der Waals surface area contributed by atoms with Gasteiger partial charge >= 0.3 is 0 Å². The minimum atomic E-state index is 0.342. The van der Waals surface area contributed by atoms with Gasteiger partial charge in [0.25, 0.3) is 0 Å². The first-order valence-corrected chi connectivity index (χ1v) is 6.35. The van der Waals surface area contributed by atoms with Crippen LogP contribution in [0.1, 0.15) is 38.1 Å². The maximum Gasteiger partial charge on any atom is 0.152 e. The van der Waals surface area contributed by atoms with Crippen LogP contribution >= 0.6 is 11.6 Å². The fourth-order valence-corrected chi connectivity index (χ4v) is 2.01. The molecule has 0 radical (unpaired) electrons. The van der Waals surface area contributed by atoms with Crippen LogP contribution in [0.5, 0.6) is 0 Å². The van der Waals surface area contributed by atoms with Crippen LogP contribution < -0.4 is 4.90 Å². The van der Waals surface area contributed by atoms with Crippen molar-refractivity contribution in [2.45, 2.75) is 33.7 Å². The van der Waals surface area contributed by atoms with Crippen LogP contribution in [0.2, 0.25) is 5.02 Å². The predicted molar refractivity (Wildman–Crippen MR) is 74.2 cm³/mol. The highest BCUT2D eigenvalue weighted by molar-refractivity contribution is 6.31. The molecule has 0 amide bonds. The number of carbonyl (C=O) groups is 1. The van der Waals surface area contributed by atoms with Crippen LogP contribution in [-0.4, -0.2) is 18.9 Å². The van der Waals surface area contributed by atoms with E-state index in [0.29, 0.717) is 22.5 Å². The van der Waals surface area contributed by atoms with Crippen molar-refractivity contribution in [3.8, 4) is 0 Å². The Morgan fingerprint density at radius 3 is 2.41 bits per heavy atom. The molecule has 0 heterocycles. The summed E-state index contributed by atoms with van der Waals surface area (Å²) in [6.07, 6.45) is 0.890. The monoisotopic (exact) mass is 253 g/mol. The van der Waals surface area contributed by atoms with E-state index in [0.717, 1.165) is 18.5 Å². The quantitative estimate of drug-likeness (QED) is 0.739. The van der Waals surface area contributed by atoms with Gasteiger partial charge < -0.3 is 4.90 Å². The van der Waals surface area contributed by atoms with Gasteiger partial charge in [-0.2, -0.15) is 0 Å². The number of rotatable bonds is 5. The molecule has 0 N–H and O–H groups in total. The summed E-state index contributed by atoms with van der Waals surface area (Å²) in [6, 6.07) is 5.74. The van der Waals surface area contributed by atoms with E-state index in [-0.39, 0.29) is 0 Å². The zero-order chi connectivity index (χ0) is 13.0. The minimum Gasteiger partial charge on any atom is -0.368 e. The van der Waals surface area contributed by atoms with Crippen LogP contribution in [0.25, 0.3) is 0 Å². The molecule has 0 saturated heterocycles. The third-order valence-electron chi connectivity index (χ3n) is 2.61. The van der Waals surface area contributed by atoms with Gasteiger partial charge in [-0.05, 0) is 38.0 Å². The molecule has 0 bridgehead atoms. The Bertz CT molecular complexity index is 388. The van der Waals surface area contributed by atoms with Crippen molar-refractivity contribution in [1.29, 1.82) is 0 Å². The highest BCUT2D eigenvalue weighted by atomic mass is 35.5.